The van der Waals surface area contributed by atoms with Gasteiger partial charge in [-0.3, -0.25) is 0 Å². The first kappa shape index (κ1) is 19.1. The number of β-amino-alcohol motifs (C(OH)–C–C–N with tert-alkyl or cyclic N) is 1. The Bertz CT molecular complexity index is 597. The molecule has 1 aliphatic heterocycles. The van der Waals surface area contributed by atoms with Gasteiger partial charge in [-0.25, -0.2) is 0 Å². The number of aliphatic hydroxyl groups excluding tert-OH is 2. The van der Waals surface area contributed by atoms with Gasteiger partial charge in [0.15, 0.2) is 12.4 Å². The average Bonchev–Trinajstić information content (AvgIpc) is 2.64. The molecule has 3 unspecified atom stereocenters. The van der Waals surface area contributed by atoms with Gasteiger partial charge in [0.25, 0.3) is 0 Å². The second kappa shape index (κ2) is 6.95. The quantitative estimate of drug-likeness (QED) is 0.249. The third kappa shape index (κ3) is 3.42. The molecule has 1 aromatic carbocycles. The lowest BCUT2D eigenvalue weighted by Crippen LogP contribution is -2.50. The van der Waals surface area contributed by atoms with Crippen LogP contribution in [0.5, 0.6) is 0 Å². The zero-order chi connectivity index (χ0) is 16.8. The van der Waals surface area contributed by atoms with E-state index in [4.69, 9.17) is 0 Å². The van der Waals surface area contributed by atoms with E-state index in [0.717, 1.165) is 19.1 Å². The Morgan fingerprint density at radius 3 is 2.09 bits per heavy atom. The minimum atomic E-state index is -0.732. The number of hydroxylamine groups is 2. The number of hydrogen-bond acceptors (Lipinski definition) is 4. The van der Waals surface area contributed by atoms with Gasteiger partial charge in [0.1, 0.15) is 18.3 Å². The fourth-order valence-corrected chi connectivity index (χ4v) is 5.38. The highest BCUT2D eigenvalue weighted by Crippen LogP contribution is 2.55. The van der Waals surface area contributed by atoms with Gasteiger partial charge in [0, 0.05) is 11.0 Å². The van der Waals surface area contributed by atoms with Crippen LogP contribution in [0, 0.1) is 5.21 Å². The Hall–Kier alpha value is 0.780. The van der Waals surface area contributed by atoms with Gasteiger partial charge in [-0.15, -0.1) is 0 Å². The molecule has 22 heavy (non-hydrogen) atoms. The van der Waals surface area contributed by atoms with Crippen molar-refractivity contribution >= 4 is 75.1 Å². The van der Waals surface area contributed by atoms with E-state index in [0.29, 0.717) is 16.7 Å². The molecule has 1 aliphatic rings. The smallest absolute Gasteiger partial charge is 0.174 e. The number of nitrogens with zero attached hydrogens (tertiary/aromatic N) is 2. The SMILES string of the molecule is CC(O)CN1C[N+]([O-])(CC(C)O)c2c(Br)c(Br)c(Br)c(Br)c21. The van der Waals surface area contributed by atoms with E-state index in [2.05, 4.69) is 63.7 Å². The summed E-state index contributed by atoms with van der Waals surface area (Å²) in [5.41, 5.74) is 1.28. The predicted octanol–water partition coefficient (Wildman–Crippen LogP) is 4.08. The first-order chi connectivity index (χ1) is 10.1. The number of benzene rings is 1. The number of anilines is 1. The van der Waals surface area contributed by atoms with E-state index < -0.39 is 16.9 Å². The summed E-state index contributed by atoms with van der Waals surface area (Å²) in [4.78, 5) is 1.85. The van der Waals surface area contributed by atoms with Crippen LogP contribution in [0.15, 0.2) is 17.9 Å². The molecule has 3 atom stereocenters. The highest BCUT2D eigenvalue weighted by atomic mass is 79.9. The third-order valence-corrected chi connectivity index (χ3v) is 8.11. The minimum Gasteiger partial charge on any atom is -0.626 e. The highest BCUT2D eigenvalue weighted by molar-refractivity contribution is 9.15. The van der Waals surface area contributed by atoms with Gasteiger partial charge >= 0.3 is 0 Å². The van der Waals surface area contributed by atoms with E-state index in [1.165, 1.54) is 0 Å². The minimum absolute atomic E-state index is 0.0441. The van der Waals surface area contributed by atoms with E-state index >= 15 is 0 Å². The Balaban J connectivity index is 2.67. The Kier molecular flexibility index (Phi) is 6.04. The van der Waals surface area contributed by atoms with Crippen LogP contribution in [0.4, 0.5) is 11.4 Å². The zero-order valence-corrected chi connectivity index (χ0v) is 18.3. The highest BCUT2D eigenvalue weighted by Gasteiger charge is 2.42. The van der Waals surface area contributed by atoms with Crippen molar-refractivity contribution in [3.05, 3.63) is 23.1 Å². The molecular formula is C13H16Br4N2O3. The van der Waals surface area contributed by atoms with Gasteiger partial charge in [0.05, 0.1) is 19.5 Å². The van der Waals surface area contributed by atoms with Crippen molar-refractivity contribution in [1.82, 2.24) is 4.65 Å². The summed E-state index contributed by atoms with van der Waals surface area (Å²) >= 11 is 14.0. The van der Waals surface area contributed by atoms with E-state index in [9.17, 15) is 15.4 Å². The van der Waals surface area contributed by atoms with Gasteiger partial charge in [0.2, 0.25) is 0 Å². The second-order valence-electron chi connectivity index (χ2n) is 5.59. The molecule has 124 valence electrons. The number of quaternary nitrogens is 1. The summed E-state index contributed by atoms with van der Waals surface area (Å²) in [5.74, 6) is 0. The van der Waals surface area contributed by atoms with Crippen molar-refractivity contribution in [2.75, 3.05) is 24.7 Å². The van der Waals surface area contributed by atoms with Gasteiger partial charge in [-0.05, 0) is 77.6 Å². The van der Waals surface area contributed by atoms with Gasteiger partial charge < -0.3 is 25.0 Å². The predicted molar refractivity (Wildman–Crippen MR) is 103 cm³/mol. The van der Waals surface area contributed by atoms with Crippen LogP contribution in [-0.2, 0) is 0 Å². The molecule has 2 N–H and O–H groups in total. The summed E-state index contributed by atoms with van der Waals surface area (Å²) in [6.45, 7) is 3.82. The van der Waals surface area contributed by atoms with Crippen molar-refractivity contribution in [2.45, 2.75) is 26.1 Å². The molecule has 0 fully saturated rings. The van der Waals surface area contributed by atoms with Gasteiger partial charge in [-0.2, -0.15) is 0 Å². The van der Waals surface area contributed by atoms with Gasteiger partial charge in [-0.1, -0.05) is 0 Å². The first-order valence-corrected chi connectivity index (χ1v) is 9.81. The van der Waals surface area contributed by atoms with Crippen LogP contribution in [0.25, 0.3) is 0 Å². The van der Waals surface area contributed by atoms with Crippen molar-refractivity contribution in [3.8, 4) is 0 Å². The summed E-state index contributed by atoms with van der Waals surface area (Å²) in [6.07, 6.45) is -1.30. The topological polar surface area (TPSA) is 66.8 Å². The number of hydrogen-bond donors (Lipinski definition) is 2. The molecule has 9 heteroatoms. The van der Waals surface area contributed by atoms with Crippen LogP contribution in [0.2, 0.25) is 0 Å². The fraction of sp³-hybridized carbons (Fsp3) is 0.538. The molecule has 0 spiro atoms. The Morgan fingerprint density at radius 2 is 1.59 bits per heavy atom. The Morgan fingerprint density at radius 1 is 1.05 bits per heavy atom. The summed E-state index contributed by atoms with van der Waals surface area (Å²) in [7, 11) is 0. The number of halogens is 4. The molecule has 2 rings (SSSR count). The van der Waals surface area contributed by atoms with Crippen LogP contribution in [-0.4, -0.2) is 42.2 Å². The molecule has 0 saturated carbocycles. The van der Waals surface area contributed by atoms with E-state index in [1.807, 2.05) is 4.90 Å². The monoisotopic (exact) mass is 564 g/mol. The maximum atomic E-state index is 13.3. The summed E-state index contributed by atoms with van der Waals surface area (Å²) in [6, 6.07) is 0. The first-order valence-electron chi connectivity index (χ1n) is 6.64. The summed E-state index contributed by atoms with van der Waals surface area (Å²) in [5, 5.41) is 32.8. The molecule has 1 heterocycles. The second-order valence-corrected chi connectivity index (χ2v) is 8.76. The normalized spacial score (nSPS) is 23.6. The number of fused-ring (bicyclic) bond motifs is 1. The number of aliphatic hydroxyl groups is 2. The van der Waals surface area contributed by atoms with Crippen LogP contribution in [0.1, 0.15) is 13.8 Å². The lowest BCUT2D eigenvalue weighted by atomic mass is 10.2. The van der Waals surface area contributed by atoms with Crippen LogP contribution < -0.4 is 9.55 Å². The molecule has 0 amide bonds. The third-order valence-electron chi connectivity index (χ3n) is 3.38. The van der Waals surface area contributed by atoms with Crippen molar-refractivity contribution in [1.29, 1.82) is 0 Å². The Labute approximate surface area is 163 Å². The lowest BCUT2D eigenvalue weighted by Gasteiger charge is -2.39. The molecule has 0 bridgehead atoms. The fourth-order valence-electron chi connectivity index (χ4n) is 2.73. The largest absolute Gasteiger partial charge is 0.626 e. The van der Waals surface area contributed by atoms with Crippen molar-refractivity contribution < 1.29 is 10.2 Å². The summed E-state index contributed by atoms with van der Waals surface area (Å²) < 4.78 is 2.26. The molecule has 0 aliphatic carbocycles. The lowest BCUT2D eigenvalue weighted by molar-refractivity contribution is 0.153. The molecule has 0 radical (unpaired) electrons. The molecule has 0 aromatic heterocycles. The van der Waals surface area contributed by atoms with Crippen LogP contribution >= 0.6 is 63.7 Å². The molecule has 0 saturated heterocycles. The van der Waals surface area contributed by atoms with E-state index in [1.54, 1.807) is 13.8 Å². The standard InChI is InChI=1S/C13H16Br4N2O3/c1-6(20)3-18-5-19(22,4-7(2)21)13-11(17)9(15)8(14)10(16)12(13)18/h6-7,20-21H,3-5H2,1-2H3. The maximum absolute atomic E-state index is 13.3. The van der Waals surface area contributed by atoms with Crippen molar-refractivity contribution in [3.63, 3.8) is 0 Å². The van der Waals surface area contributed by atoms with Crippen LogP contribution in [0.3, 0.4) is 0 Å². The average molecular weight is 568 g/mol. The van der Waals surface area contributed by atoms with Crippen molar-refractivity contribution in [2.24, 2.45) is 0 Å². The molecule has 1 aromatic rings. The van der Waals surface area contributed by atoms with E-state index in [-0.39, 0.29) is 13.2 Å². The molecular weight excluding hydrogens is 552 g/mol. The maximum Gasteiger partial charge on any atom is 0.174 e. The number of rotatable bonds is 4. The zero-order valence-electron chi connectivity index (χ0n) is 12.0. The molecule has 5 nitrogen and oxygen atoms in total.